The van der Waals surface area contributed by atoms with Gasteiger partial charge in [0.05, 0.1) is 33.4 Å². The molecule has 2 aliphatic rings. The third-order valence-electron chi connectivity index (χ3n) is 7.76. The standard InChI is InChI=1S/C28H28ClF2N7O2S/c29-18-9-17-2-8-36(16-28(15-32)3-6-33-7-4-28)25(17)21(10-18)20-1-5-34-22-11-19(41-26(20)22)13-37-24(39)12-35-38(27(37)40)14-23(30)31/h1-2,5,8-12,23-24,27,33,39-40H,3-4,6-7,13-14,16H2. The second-order valence-corrected chi connectivity index (χ2v) is 12.0. The van der Waals surface area contributed by atoms with Crippen LogP contribution < -0.4 is 5.32 Å². The van der Waals surface area contributed by atoms with Crippen LogP contribution in [0.4, 0.5) is 8.78 Å². The van der Waals surface area contributed by atoms with Gasteiger partial charge in [0.1, 0.15) is 12.8 Å². The van der Waals surface area contributed by atoms with Crippen molar-refractivity contribution in [3.63, 3.8) is 0 Å². The molecule has 3 N–H and O–H groups in total. The van der Waals surface area contributed by atoms with Crippen molar-refractivity contribution in [2.24, 2.45) is 10.5 Å². The lowest BCUT2D eigenvalue weighted by Gasteiger charge is -2.38. The quantitative estimate of drug-likeness (QED) is 0.288. The van der Waals surface area contributed by atoms with E-state index in [1.165, 1.54) is 16.2 Å². The molecule has 4 aromatic rings. The second kappa shape index (κ2) is 11.2. The molecule has 9 nitrogen and oxygen atoms in total. The van der Waals surface area contributed by atoms with Crippen molar-refractivity contribution in [1.82, 2.24) is 24.8 Å². The van der Waals surface area contributed by atoms with E-state index in [2.05, 4.69) is 26.0 Å². The topological polar surface area (TPSA) is 113 Å². The minimum Gasteiger partial charge on any atom is -0.373 e. The van der Waals surface area contributed by atoms with Gasteiger partial charge in [0, 0.05) is 51.9 Å². The second-order valence-electron chi connectivity index (χ2n) is 10.5. The molecule has 1 aromatic carbocycles. The highest BCUT2D eigenvalue weighted by Gasteiger charge is 2.34. The Morgan fingerprint density at radius 3 is 2.76 bits per heavy atom. The number of hydrazone groups is 1. The summed E-state index contributed by atoms with van der Waals surface area (Å²) < 4.78 is 29.0. The Balaban J connectivity index is 1.38. The van der Waals surface area contributed by atoms with Crippen LogP contribution in [0.15, 0.2) is 47.8 Å². The molecule has 5 heterocycles. The van der Waals surface area contributed by atoms with Crippen LogP contribution in [0.1, 0.15) is 17.7 Å². The number of nitrogens with zero attached hydrogens (tertiary/aromatic N) is 6. The predicted molar refractivity (Wildman–Crippen MR) is 154 cm³/mol. The summed E-state index contributed by atoms with van der Waals surface area (Å²) >= 11 is 8.03. The van der Waals surface area contributed by atoms with Crippen molar-refractivity contribution < 1.29 is 19.0 Å². The van der Waals surface area contributed by atoms with Gasteiger partial charge in [-0.1, -0.05) is 11.6 Å². The van der Waals surface area contributed by atoms with Crippen LogP contribution in [0.2, 0.25) is 5.02 Å². The van der Waals surface area contributed by atoms with Crippen LogP contribution in [0.3, 0.4) is 0 Å². The lowest BCUT2D eigenvalue weighted by atomic mass is 9.80. The number of piperidine rings is 1. The smallest absolute Gasteiger partial charge is 0.257 e. The summed E-state index contributed by atoms with van der Waals surface area (Å²) in [6.45, 7) is 1.51. The number of benzene rings is 1. The number of nitriles is 1. The fourth-order valence-electron chi connectivity index (χ4n) is 5.70. The number of halogens is 3. The third kappa shape index (κ3) is 5.41. The lowest BCUT2D eigenvalue weighted by Crippen LogP contribution is -2.55. The van der Waals surface area contributed by atoms with Gasteiger partial charge < -0.3 is 20.1 Å². The average Bonchev–Trinajstić information content (AvgIpc) is 3.56. The third-order valence-corrected chi connectivity index (χ3v) is 9.12. The number of rotatable bonds is 7. The summed E-state index contributed by atoms with van der Waals surface area (Å²) in [7, 11) is 0. The molecule has 1 saturated heterocycles. The Labute approximate surface area is 243 Å². The monoisotopic (exact) mass is 599 g/mol. The molecule has 41 heavy (non-hydrogen) atoms. The van der Waals surface area contributed by atoms with Crippen molar-refractivity contribution in [2.45, 2.75) is 44.9 Å². The van der Waals surface area contributed by atoms with Gasteiger partial charge in [-0.05, 0) is 56.3 Å². The van der Waals surface area contributed by atoms with Crippen LogP contribution in [-0.4, -0.2) is 74.5 Å². The molecule has 214 valence electrons. The minimum atomic E-state index is -2.69. The van der Waals surface area contributed by atoms with E-state index in [9.17, 15) is 24.3 Å². The van der Waals surface area contributed by atoms with E-state index < -0.39 is 31.0 Å². The summed E-state index contributed by atoms with van der Waals surface area (Å²) in [5.41, 5.74) is 3.06. The van der Waals surface area contributed by atoms with Crippen LogP contribution in [0.5, 0.6) is 0 Å². The molecule has 0 saturated carbocycles. The van der Waals surface area contributed by atoms with Gasteiger partial charge >= 0.3 is 0 Å². The number of nitrogens with one attached hydrogen (secondary N) is 1. The van der Waals surface area contributed by atoms with Crippen molar-refractivity contribution >= 4 is 50.3 Å². The highest BCUT2D eigenvalue weighted by molar-refractivity contribution is 7.19. The summed E-state index contributed by atoms with van der Waals surface area (Å²) in [6.07, 6.45) is 0.950. The van der Waals surface area contributed by atoms with Gasteiger partial charge in [-0.3, -0.25) is 4.98 Å². The number of aliphatic hydroxyl groups excluding tert-OH is 2. The molecule has 0 spiro atoms. The highest BCUT2D eigenvalue weighted by Crippen LogP contribution is 2.41. The first-order chi connectivity index (χ1) is 19.8. The molecular weight excluding hydrogens is 572 g/mol. The maximum atomic E-state index is 13.0. The minimum absolute atomic E-state index is 0.0919. The number of fused-ring (bicyclic) bond motifs is 2. The maximum Gasteiger partial charge on any atom is 0.257 e. The van der Waals surface area contributed by atoms with E-state index in [1.54, 1.807) is 6.20 Å². The van der Waals surface area contributed by atoms with E-state index in [0.717, 1.165) is 74.3 Å². The largest absolute Gasteiger partial charge is 0.373 e. The Morgan fingerprint density at radius 1 is 1.20 bits per heavy atom. The molecule has 0 bridgehead atoms. The summed E-state index contributed by atoms with van der Waals surface area (Å²) in [5, 5.41) is 40.7. The molecule has 1 fully saturated rings. The SMILES string of the molecule is N#CC1(Cn2ccc3cc(Cl)cc(-c4ccnc5cc(CN6C(O)C=NN(CC(F)F)C6O)sc45)c32)CCNCC1. The first-order valence-corrected chi connectivity index (χ1v) is 14.5. The molecule has 13 heteroatoms. The van der Waals surface area contributed by atoms with Crippen LogP contribution >= 0.6 is 22.9 Å². The van der Waals surface area contributed by atoms with Crippen LogP contribution in [0.25, 0.3) is 32.2 Å². The number of aliphatic hydroxyl groups is 2. The molecule has 3 aromatic heterocycles. The van der Waals surface area contributed by atoms with Crippen LogP contribution in [-0.2, 0) is 13.1 Å². The van der Waals surface area contributed by atoms with E-state index in [-0.39, 0.29) is 6.54 Å². The number of hydrogen-bond acceptors (Lipinski definition) is 9. The zero-order valence-corrected chi connectivity index (χ0v) is 23.5. The van der Waals surface area contributed by atoms with Crippen molar-refractivity contribution in [2.75, 3.05) is 19.6 Å². The van der Waals surface area contributed by atoms with Gasteiger partial charge in [-0.2, -0.15) is 10.4 Å². The molecule has 0 amide bonds. The van der Waals surface area contributed by atoms with Gasteiger partial charge in [-0.25, -0.2) is 18.7 Å². The average molecular weight is 600 g/mol. The zero-order valence-electron chi connectivity index (χ0n) is 21.9. The molecule has 2 aliphatic heterocycles. The van der Waals surface area contributed by atoms with E-state index in [0.29, 0.717) is 11.6 Å². The van der Waals surface area contributed by atoms with E-state index in [1.807, 2.05) is 36.5 Å². The fourth-order valence-corrected chi connectivity index (χ4v) is 7.08. The maximum absolute atomic E-state index is 13.0. The first-order valence-electron chi connectivity index (χ1n) is 13.3. The van der Waals surface area contributed by atoms with Gasteiger partial charge in [0.25, 0.3) is 6.43 Å². The van der Waals surface area contributed by atoms with Crippen molar-refractivity contribution in [1.29, 1.82) is 5.26 Å². The Hall–Kier alpha value is -3.18. The number of hydrogen-bond donors (Lipinski definition) is 3. The molecule has 0 aliphatic carbocycles. The Bertz CT molecular complexity index is 1650. The van der Waals surface area contributed by atoms with E-state index >= 15 is 0 Å². The molecule has 2 unspecified atom stereocenters. The zero-order chi connectivity index (χ0) is 28.7. The van der Waals surface area contributed by atoms with Crippen molar-refractivity contribution in [3.8, 4) is 17.2 Å². The number of thiophene rings is 1. The van der Waals surface area contributed by atoms with Gasteiger partial charge in [0.2, 0.25) is 6.35 Å². The lowest BCUT2D eigenvalue weighted by molar-refractivity contribution is -0.176. The number of pyridine rings is 1. The molecule has 6 rings (SSSR count). The summed E-state index contributed by atoms with van der Waals surface area (Å²) in [6, 6.07) is 12.2. The Kier molecular flexibility index (Phi) is 7.67. The Morgan fingerprint density at radius 2 is 2.00 bits per heavy atom. The molecule has 2 atom stereocenters. The van der Waals surface area contributed by atoms with Crippen molar-refractivity contribution in [3.05, 3.63) is 52.6 Å². The summed E-state index contributed by atoms with van der Waals surface area (Å²) in [4.78, 5) is 6.60. The van der Waals surface area contributed by atoms with E-state index in [4.69, 9.17) is 11.6 Å². The predicted octanol–water partition coefficient (Wildman–Crippen LogP) is 4.43. The van der Waals surface area contributed by atoms with Crippen LogP contribution in [0, 0.1) is 16.7 Å². The number of aromatic nitrogens is 2. The van der Waals surface area contributed by atoms with Gasteiger partial charge in [0.15, 0.2) is 0 Å². The molecule has 0 radical (unpaired) electrons. The first kappa shape index (κ1) is 28.0. The summed E-state index contributed by atoms with van der Waals surface area (Å²) in [5.74, 6) is 0. The van der Waals surface area contributed by atoms with Gasteiger partial charge in [-0.15, -0.1) is 11.3 Å². The highest BCUT2D eigenvalue weighted by atomic mass is 35.5. The normalized spacial score (nSPS) is 21.2. The molecular formula is C28H28ClF2N7O2S. The fraction of sp³-hybridized carbons (Fsp3) is 0.393. The number of alkyl halides is 2.